The molecule has 6 heteroatoms. The largest absolute Gasteiger partial charge is 0.489 e. The van der Waals surface area contributed by atoms with Gasteiger partial charge in [-0.15, -0.1) is 0 Å². The van der Waals surface area contributed by atoms with E-state index in [2.05, 4.69) is 31.0 Å². The van der Waals surface area contributed by atoms with Gasteiger partial charge in [0, 0.05) is 38.9 Å². The molecular weight excluding hydrogens is 352 g/mol. The van der Waals surface area contributed by atoms with Gasteiger partial charge >= 0.3 is 0 Å². The van der Waals surface area contributed by atoms with Crippen LogP contribution in [-0.2, 0) is 4.74 Å². The van der Waals surface area contributed by atoms with Gasteiger partial charge in [-0.25, -0.2) is 0 Å². The smallest absolute Gasteiger partial charge is 0.251 e. The Morgan fingerprint density at radius 3 is 2.58 bits per heavy atom. The van der Waals surface area contributed by atoms with Crippen molar-refractivity contribution in [2.75, 3.05) is 39.9 Å². The first-order valence-corrected chi connectivity index (χ1v) is 9.62. The number of nitrogens with one attached hydrogen (secondary N) is 1. The average molecular weight is 383 g/mol. The second-order valence-electron chi connectivity index (χ2n) is 8.05. The monoisotopic (exact) mass is 382 g/mol. The van der Waals surface area contributed by atoms with Crippen molar-refractivity contribution in [1.29, 1.82) is 0 Å². The number of amides is 1. The summed E-state index contributed by atoms with van der Waals surface area (Å²) in [7, 11) is 1.60. The number of carbonyl (C=O) groups is 1. The number of ether oxygens (including phenoxy) is 2. The number of nitrogens with zero attached hydrogens (tertiary/aromatic N) is 1. The number of hydrogen-bond acceptors (Lipinski definition) is 4. The van der Waals surface area contributed by atoms with Crippen LogP contribution in [0.2, 0.25) is 5.02 Å². The zero-order chi connectivity index (χ0) is 19.2. The number of benzene rings is 1. The summed E-state index contributed by atoms with van der Waals surface area (Å²) in [5.74, 6) is 0.486. The van der Waals surface area contributed by atoms with Crippen LogP contribution in [0.3, 0.4) is 0 Å². The third-order valence-corrected chi connectivity index (χ3v) is 4.61. The Bertz CT molecular complexity index is 593. The number of piperidine rings is 1. The zero-order valence-corrected chi connectivity index (χ0v) is 17.1. The van der Waals surface area contributed by atoms with Crippen molar-refractivity contribution in [2.45, 2.75) is 39.7 Å². The lowest BCUT2D eigenvalue weighted by Gasteiger charge is -2.36. The van der Waals surface area contributed by atoms with Gasteiger partial charge in [0.1, 0.15) is 11.9 Å². The third kappa shape index (κ3) is 6.78. The predicted octanol–water partition coefficient (Wildman–Crippen LogP) is 3.61. The molecule has 0 aliphatic carbocycles. The second kappa shape index (κ2) is 9.58. The number of carbonyl (C=O) groups excluding carboxylic acids is 1. The highest BCUT2D eigenvalue weighted by molar-refractivity contribution is 6.32. The van der Waals surface area contributed by atoms with E-state index >= 15 is 0 Å². The fraction of sp³-hybridized carbons (Fsp3) is 0.650. The molecule has 0 radical (unpaired) electrons. The summed E-state index contributed by atoms with van der Waals surface area (Å²) in [6.07, 6.45) is 2.15. The van der Waals surface area contributed by atoms with E-state index in [-0.39, 0.29) is 12.0 Å². The van der Waals surface area contributed by atoms with Crippen molar-refractivity contribution in [3.8, 4) is 5.75 Å². The molecule has 1 amide bonds. The van der Waals surface area contributed by atoms with Crippen molar-refractivity contribution in [3.63, 3.8) is 0 Å². The van der Waals surface area contributed by atoms with Crippen LogP contribution in [0.4, 0.5) is 0 Å². The molecule has 0 aromatic heterocycles. The van der Waals surface area contributed by atoms with Gasteiger partial charge in [-0.05, 0) is 36.5 Å². The molecular formula is C20H31ClN2O3. The summed E-state index contributed by atoms with van der Waals surface area (Å²) in [5.41, 5.74) is 0.842. The molecule has 1 saturated heterocycles. The molecule has 0 atom stereocenters. The van der Waals surface area contributed by atoms with Crippen molar-refractivity contribution >= 4 is 17.5 Å². The lowest BCUT2D eigenvalue weighted by atomic mass is 9.94. The summed E-state index contributed by atoms with van der Waals surface area (Å²) in [5, 5.41) is 3.26. The van der Waals surface area contributed by atoms with E-state index in [1.807, 2.05) is 0 Å². The lowest BCUT2D eigenvalue weighted by Crippen LogP contribution is -2.42. The molecule has 1 aliphatic rings. The highest BCUT2D eigenvalue weighted by Gasteiger charge is 2.24. The van der Waals surface area contributed by atoms with Crippen LogP contribution in [0.1, 0.15) is 44.0 Å². The van der Waals surface area contributed by atoms with Gasteiger partial charge in [-0.1, -0.05) is 32.4 Å². The molecule has 1 fully saturated rings. The standard InChI is InChI=1S/C20H31ClN2O3/c1-20(2,3)14-23-10-7-16(8-11-23)26-18-6-5-15(13-17(18)21)19(24)22-9-12-25-4/h5-6,13,16H,7-12,14H2,1-4H3,(H,22,24). The third-order valence-electron chi connectivity index (χ3n) is 4.31. The summed E-state index contributed by atoms with van der Waals surface area (Å²) in [6.45, 7) is 10.9. The van der Waals surface area contributed by atoms with Crippen LogP contribution in [0.25, 0.3) is 0 Å². The van der Waals surface area contributed by atoms with Gasteiger partial charge in [-0.3, -0.25) is 4.79 Å². The molecule has 0 spiro atoms. The first kappa shape index (κ1) is 21.0. The van der Waals surface area contributed by atoms with Gasteiger partial charge in [-0.2, -0.15) is 0 Å². The Hall–Kier alpha value is -1.30. The molecule has 1 N–H and O–H groups in total. The Kier molecular flexibility index (Phi) is 7.74. The van der Waals surface area contributed by atoms with Crippen LogP contribution >= 0.6 is 11.6 Å². The molecule has 2 rings (SSSR count). The van der Waals surface area contributed by atoms with Crippen molar-refractivity contribution in [2.24, 2.45) is 5.41 Å². The van der Waals surface area contributed by atoms with Crippen LogP contribution in [0.15, 0.2) is 18.2 Å². The van der Waals surface area contributed by atoms with Crippen molar-refractivity contribution in [1.82, 2.24) is 10.2 Å². The van der Waals surface area contributed by atoms with E-state index < -0.39 is 0 Å². The first-order valence-electron chi connectivity index (χ1n) is 9.24. The zero-order valence-electron chi connectivity index (χ0n) is 16.3. The summed E-state index contributed by atoms with van der Waals surface area (Å²) >= 11 is 6.33. The van der Waals surface area contributed by atoms with Gasteiger partial charge in [0.05, 0.1) is 11.6 Å². The van der Waals surface area contributed by atoms with Gasteiger partial charge < -0.3 is 19.7 Å². The summed E-state index contributed by atoms with van der Waals surface area (Å²) in [4.78, 5) is 14.5. The fourth-order valence-corrected chi connectivity index (χ4v) is 3.37. The molecule has 1 heterocycles. The highest BCUT2D eigenvalue weighted by atomic mass is 35.5. The van der Waals surface area contributed by atoms with E-state index in [0.717, 1.165) is 32.5 Å². The molecule has 5 nitrogen and oxygen atoms in total. The molecule has 146 valence electrons. The van der Waals surface area contributed by atoms with Crippen molar-refractivity contribution < 1.29 is 14.3 Å². The fourth-order valence-electron chi connectivity index (χ4n) is 3.14. The topological polar surface area (TPSA) is 50.8 Å². The van der Waals surface area contributed by atoms with E-state index in [9.17, 15) is 4.79 Å². The average Bonchev–Trinajstić information content (AvgIpc) is 2.57. The minimum atomic E-state index is -0.161. The number of likely N-dealkylation sites (tertiary alicyclic amines) is 1. The number of methoxy groups -OCH3 is 1. The van der Waals surface area contributed by atoms with Gasteiger partial charge in [0.25, 0.3) is 5.91 Å². The van der Waals surface area contributed by atoms with E-state index in [4.69, 9.17) is 21.1 Å². The first-order chi connectivity index (χ1) is 12.3. The van der Waals surface area contributed by atoms with Gasteiger partial charge in [0.15, 0.2) is 0 Å². The molecule has 1 aliphatic heterocycles. The maximum atomic E-state index is 12.1. The van der Waals surface area contributed by atoms with E-state index in [1.165, 1.54) is 0 Å². The highest BCUT2D eigenvalue weighted by Crippen LogP contribution is 2.29. The predicted molar refractivity (Wildman–Crippen MR) is 105 cm³/mol. The van der Waals surface area contributed by atoms with Gasteiger partial charge in [0.2, 0.25) is 0 Å². The molecule has 0 unspecified atom stereocenters. The molecule has 0 bridgehead atoms. The maximum Gasteiger partial charge on any atom is 0.251 e. The lowest BCUT2D eigenvalue weighted by molar-refractivity contribution is 0.0811. The van der Waals surface area contributed by atoms with E-state index in [1.54, 1.807) is 25.3 Å². The second-order valence-corrected chi connectivity index (χ2v) is 8.46. The van der Waals surface area contributed by atoms with Crippen LogP contribution in [-0.4, -0.2) is 56.8 Å². The molecule has 1 aromatic carbocycles. The Morgan fingerprint density at radius 1 is 1.31 bits per heavy atom. The quantitative estimate of drug-likeness (QED) is 0.732. The normalized spacial score (nSPS) is 16.5. The minimum absolute atomic E-state index is 0.161. The molecule has 1 aromatic rings. The number of rotatable bonds is 7. The molecule has 26 heavy (non-hydrogen) atoms. The minimum Gasteiger partial charge on any atom is -0.489 e. The van der Waals surface area contributed by atoms with Crippen LogP contribution < -0.4 is 10.1 Å². The Morgan fingerprint density at radius 2 is 2.00 bits per heavy atom. The molecule has 0 saturated carbocycles. The van der Waals surface area contributed by atoms with Crippen LogP contribution in [0.5, 0.6) is 5.75 Å². The summed E-state index contributed by atoms with van der Waals surface area (Å²) in [6, 6.07) is 5.20. The Labute approximate surface area is 162 Å². The maximum absolute atomic E-state index is 12.1. The van der Waals surface area contributed by atoms with Crippen molar-refractivity contribution in [3.05, 3.63) is 28.8 Å². The van der Waals surface area contributed by atoms with E-state index in [0.29, 0.717) is 34.9 Å². The van der Waals surface area contributed by atoms with Crippen LogP contribution in [0, 0.1) is 5.41 Å². The number of halogens is 1. The summed E-state index contributed by atoms with van der Waals surface area (Å²) < 4.78 is 11.0. The SMILES string of the molecule is COCCNC(=O)c1ccc(OC2CCN(CC(C)(C)C)CC2)c(Cl)c1. The number of hydrogen-bond donors (Lipinski definition) is 1. The Balaban J connectivity index is 1.86.